The number of thiazole rings is 1. The molecule has 8 nitrogen and oxygen atoms in total. The number of amides is 1. The molecule has 0 atom stereocenters. The van der Waals surface area contributed by atoms with Crippen LogP contribution in [-0.4, -0.2) is 34.7 Å². The van der Waals surface area contributed by atoms with E-state index in [1.807, 2.05) is 0 Å². The smallest absolute Gasteiger partial charge is 0.295 e. The number of aromatic nitrogens is 3. The number of carbonyl (C=O) groups is 1. The Morgan fingerprint density at radius 3 is 2.76 bits per heavy atom. The number of rotatable bonds is 5. The van der Waals surface area contributed by atoms with Crippen LogP contribution >= 0.6 is 11.3 Å². The van der Waals surface area contributed by atoms with E-state index in [2.05, 4.69) is 15.4 Å². The molecule has 0 aliphatic carbocycles. The second-order valence-electron chi connectivity index (χ2n) is 5.23. The van der Waals surface area contributed by atoms with Crippen LogP contribution in [0, 0.1) is 6.92 Å². The Morgan fingerprint density at radius 2 is 2.04 bits per heavy atom. The summed E-state index contributed by atoms with van der Waals surface area (Å²) in [4.78, 5) is 28.2. The van der Waals surface area contributed by atoms with Crippen LogP contribution in [0.4, 0.5) is 5.82 Å². The molecule has 9 heteroatoms. The van der Waals surface area contributed by atoms with E-state index in [-0.39, 0.29) is 23.6 Å². The zero-order valence-electron chi connectivity index (χ0n) is 13.9. The van der Waals surface area contributed by atoms with Gasteiger partial charge in [0, 0.05) is 5.38 Å². The van der Waals surface area contributed by atoms with Gasteiger partial charge in [-0.15, -0.1) is 11.3 Å². The van der Waals surface area contributed by atoms with Crippen molar-refractivity contribution in [2.24, 2.45) is 0 Å². The molecule has 0 fully saturated rings. The zero-order chi connectivity index (χ0) is 18.0. The highest BCUT2D eigenvalue weighted by Gasteiger charge is 2.12. The fraction of sp³-hybridized carbons (Fsp3) is 0.250. The molecule has 0 saturated carbocycles. The first-order chi connectivity index (χ1) is 12.0. The number of anilines is 1. The molecule has 1 amide bonds. The summed E-state index contributed by atoms with van der Waals surface area (Å²) >= 11 is 1.23. The number of fused-ring (bicyclic) bond motifs is 1. The van der Waals surface area contributed by atoms with Crippen molar-refractivity contribution in [3.63, 3.8) is 0 Å². The Hall–Kier alpha value is -2.94. The molecule has 130 valence electrons. The summed E-state index contributed by atoms with van der Waals surface area (Å²) in [6.07, 6.45) is 0.157. The first kappa shape index (κ1) is 16.9. The number of carbonyl (C=O) groups excluding carboxylic acids is 1. The Kier molecular flexibility index (Phi) is 4.66. The molecule has 3 aromatic rings. The zero-order valence-corrected chi connectivity index (χ0v) is 14.7. The monoisotopic (exact) mass is 360 g/mol. The summed E-state index contributed by atoms with van der Waals surface area (Å²) in [5.74, 6) is 1.42. The van der Waals surface area contributed by atoms with Crippen molar-refractivity contribution in [3.05, 3.63) is 45.2 Å². The SMILES string of the molecule is COc1ccc(CC(=O)Nc2csc3nc(=O)c(C)nn23)cc1OC. The molecule has 3 rings (SSSR count). The van der Waals surface area contributed by atoms with Crippen LogP contribution in [-0.2, 0) is 11.2 Å². The first-order valence-electron chi connectivity index (χ1n) is 7.37. The lowest BCUT2D eigenvalue weighted by atomic mass is 10.1. The summed E-state index contributed by atoms with van der Waals surface area (Å²) in [5, 5.41) is 8.63. The van der Waals surface area contributed by atoms with E-state index in [9.17, 15) is 9.59 Å². The molecule has 0 radical (unpaired) electrons. The minimum atomic E-state index is -0.370. The highest BCUT2D eigenvalue weighted by atomic mass is 32.1. The number of hydrogen-bond acceptors (Lipinski definition) is 7. The molecule has 0 saturated heterocycles. The van der Waals surface area contributed by atoms with Crippen LogP contribution < -0.4 is 20.3 Å². The van der Waals surface area contributed by atoms with E-state index in [1.165, 1.54) is 15.9 Å². The van der Waals surface area contributed by atoms with Gasteiger partial charge in [0.25, 0.3) is 5.56 Å². The topological polar surface area (TPSA) is 94.8 Å². The van der Waals surface area contributed by atoms with Gasteiger partial charge in [0.1, 0.15) is 11.5 Å². The van der Waals surface area contributed by atoms with Crippen LogP contribution in [0.5, 0.6) is 11.5 Å². The first-order valence-corrected chi connectivity index (χ1v) is 8.25. The summed E-state index contributed by atoms with van der Waals surface area (Å²) < 4.78 is 11.9. The van der Waals surface area contributed by atoms with Crippen molar-refractivity contribution in [3.8, 4) is 11.5 Å². The van der Waals surface area contributed by atoms with E-state index in [4.69, 9.17) is 9.47 Å². The molecule has 0 unspecified atom stereocenters. The minimum Gasteiger partial charge on any atom is -0.493 e. The third kappa shape index (κ3) is 3.45. The molecule has 2 heterocycles. The lowest BCUT2D eigenvalue weighted by Gasteiger charge is -2.09. The number of methoxy groups -OCH3 is 2. The predicted molar refractivity (Wildman–Crippen MR) is 93.8 cm³/mol. The minimum absolute atomic E-state index is 0.157. The van der Waals surface area contributed by atoms with Crippen LogP contribution in [0.15, 0.2) is 28.4 Å². The van der Waals surface area contributed by atoms with Crippen molar-refractivity contribution in [2.45, 2.75) is 13.3 Å². The van der Waals surface area contributed by atoms with Crippen molar-refractivity contribution < 1.29 is 14.3 Å². The second-order valence-corrected chi connectivity index (χ2v) is 6.07. The van der Waals surface area contributed by atoms with Crippen LogP contribution in [0.1, 0.15) is 11.3 Å². The lowest BCUT2D eigenvalue weighted by molar-refractivity contribution is -0.115. The molecule has 0 spiro atoms. The van der Waals surface area contributed by atoms with Gasteiger partial charge in [0.15, 0.2) is 11.5 Å². The van der Waals surface area contributed by atoms with Crippen LogP contribution in [0.25, 0.3) is 4.96 Å². The van der Waals surface area contributed by atoms with E-state index < -0.39 is 0 Å². The van der Waals surface area contributed by atoms with Gasteiger partial charge in [-0.1, -0.05) is 6.07 Å². The maximum atomic E-state index is 12.3. The van der Waals surface area contributed by atoms with Gasteiger partial charge in [0.05, 0.1) is 20.6 Å². The van der Waals surface area contributed by atoms with Gasteiger partial charge in [-0.2, -0.15) is 14.6 Å². The summed E-state index contributed by atoms with van der Waals surface area (Å²) in [6, 6.07) is 5.30. The average Bonchev–Trinajstić information content (AvgIpc) is 2.96. The molecule has 0 aliphatic heterocycles. The Bertz CT molecular complexity index is 995. The van der Waals surface area contributed by atoms with Gasteiger partial charge in [-0.05, 0) is 24.6 Å². The number of hydrogen-bond donors (Lipinski definition) is 1. The highest BCUT2D eigenvalue weighted by molar-refractivity contribution is 7.15. The van der Waals surface area contributed by atoms with Crippen LogP contribution in [0.2, 0.25) is 0 Å². The summed E-state index contributed by atoms with van der Waals surface area (Å²) in [5.41, 5.74) is 0.681. The van der Waals surface area contributed by atoms with E-state index in [1.54, 1.807) is 44.7 Å². The van der Waals surface area contributed by atoms with E-state index in [0.717, 1.165) is 5.56 Å². The van der Waals surface area contributed by atoms with Crippen molar-refractivity contribution in [1.29, 1.82) is 0 Å². The van der Waals surface area contributed by atoms with Gasteiger partial charge in [0.2, 0.25) is 10.9 Å². The maximum Gasteiger partial charge on any atom is 0.295 e. The summed E-state index contributed by atoms with van der Waals surface area (Å²) in [7, 11) is 3.10. The van der Waals surface area contributed by atoms with Gasteiger partial charge in [-0.25, -0.2) is 0 Å². The fourth-order valence-electron chi connectivity index (χ4n) is 2.29. The number of nitrogens with zero attached hydrogens (tertiary/aromatic N) is 3. The van der Waals surface area contributed by atoms with E-state index >= 15 is 0 Å². The van der Waals surface area contributed by atoms with Crippen LogP contribution in [0.3, 0.4) is 0 Å². The van der Waals surface area contributed by atoms with Gasteiger partial charge < -0.3 is 14.8 Å². The maximum absolute atomic E-state index is 12.3. The lowest BCUT2D eigenvalue weighted by Crippen LogP contribution is -2.19. The molecule has 1 N–H and O–H groups in total. The second kappa shape index (κ2) is 6.89. The normalized spacial score (nSPS) is 10.7. The number of ether oxygens (including phenoxy) is 2. The Balaban J connectivity index is 1.79. The Morgan fingerprint density at radius 1 is 1.28 bits per heavy atom. The number of benzene rings is 1. The largest absolute Gasteiger partial charge is 0.493 e. The number of aryl methyl sites for hydroxylation is 1. The standard InChI is InChI=1S/C16H16N4O4S/c1-9-15(22)18-16-20(19-9)13(8-25-16)17-14(21)7-10-4-5-11(23-2)12(6-10)24-3/h4-6,8H,7H2,1-3H3,(H,17,21). The van der Waals surface area contributed by atoms with Crippen molar-refractivity contribution >= 4 is 28.0 Å². The molecular formula is C16H16N4O4S. The third-order valence-electron chi connectivity index (χ3n) is 3.52. The van der Waals surface area contributed by atoms with Crippen molar-refractivity contribution in [2.75, 3.05) is 19.5 Å². The molecule has 1 aromatic carbocycles. The molecule has 0 aliphatic rings. The Labute approximate surface area is 147 Å². The fourth-order valence-corrected chi connectivity index (χ4v) is 3.04. The molecule has 2 aromatic heterocycles. The molecule has 25 heavy (non-hydrogen) atoms. The van der Waals surface area contributed by atoms with Crippen molar-refractivity contribution in [1.82, 2.24) is 14.6 Å². The molecular weight excluding hydrogens is 344 g/mol. The van der Waals surface area contributed by atoms with Gasteiger partial charge >= 0.3 is 0 Å². The quantitative estimate of drug-likeness (QED) is 0.743. The third-order valence-corrected chi connectivity index (χ3v) is 4.34. The summed E-state index contributed by atoms with van der Waals surface area (Å²) in [6.45, 7) is 1.58. The highest BCUT2D eigenvalue weighted by Crippen LogP contribution is 2.27. The average molecular weight is 360 g/mol. The van der Waals surface area contributed by atoms with E-state index in [0.29, 0.717) is 22.3 Å². The van der Waals surface area contributed by atoms with Gasteiger partial charge in [-0.3, -0.25) is 9.59 Å². The molecule has 0 bridgehead atoms. The predicted octanol–water partition coefficient (Wildman–Crippen LogP) is 1.66. The number of nitrogens with one attached hydrogen (secondary N) is 1.